The highest BCUT2D eigenvalue weighted by molar-refractivity contribution is 5.39. The number of phenolic OH excluding ortho intramolecular Hbond substituents is 1. The summed E-state index contributed by atoms with van der Waals surface area (Å²) in [5.41, 5.74) is 0.887. The van der Waals surface area contributed by atoms with Gasteiger partial charge in [0, 0.05) is 25.3 Å². The molecule has 1 fully saturated rings. The first-order valence-corrected chi connectivity index (χ1v) is 6.85. The number of methoxy groups -OCH3 is 1. The molecular weight excluding hydrogens is 242 g/mol. The van der Waals surface area contributed by atoms with Crippen molar-refractivity contribution in [3.8, 4) is 11.5 Å². The molecule has 106 valence electrons. The van der Waals surface area contributed by atoms with Crippen LogP contribution in [0.2, 0.25) is 0 Å². The van der Waals surface area contributed by atoms with E-state index in [1.165, 1.54) is 12.8 Å². The second-order valence-corrected chi connectivity index (χ2v) is 5.18. The standard InChI is InChI=1S/C15H23NO3/c1-16(11-14-5-3-4-8-19-14)10-12-9-13(18-2)6-7-15(12)17/h6-7,9,14,17H,3-5,8,10-11H2,1-2H3. The summed E-state index contributed by atoms with van der Waals surface area (Å²) in [7, 11) is 3.69. The fourth-order valence-electron chi connectivity index (χ4n) is 2.47. The van der Waals surface area contributed by atoms with Crippen LogP contribution in [-0.2, 0) is 11.3 Å². The predicted molar refractivity (Wildman–Crippen MR) is 74.6 cm³/mol. The van der Waals surface area contributed by atoms with Gasteiger partial charge in [0.2, 0.25) is 0 Å². The molecule has 4 heteroatoms. The highest BCUT2D eigenvalue weighted by Gasteiger charge is 2.16. The van der Waals surface area contributed by atoms with Crippen LogP contribution in [0.5, 0.6) is 11.5 Å². The van der Waals surface area contributed by atoms with E-state index in [1.54, 1.807) is 19.2 Å². The van der Waals surface area contributed by atoms with Crippen LogP contribution in [-0.4, -0.2) is 43.4 Å². The molecule has 2 rings (SSSR count). The van der Waals surface area contributed by atoms with Gasteiger partial charge in [-0.1, -0.05) is 0 Å². The van der Waals surface area contributed by atoms with Crippen molar-refractivity contribution in [3.05, 3.63) is 23.8 Å². The third-order valence-corrected chi connectivity index (χ3v) is 3.52. The van der Waals surface area contributed by atoms with Crippen molar-refractivity contribution in [2.75, 3.05) is 27.3 Å². The van der Waals surface area contributed by atoms with Crippen molar-refractivity contribution in [3.63, 3.8) is 0 Å². The Bertz CT molecular complexity index is 402. The Labute approximate surface area is 114 Å². The van der Waals surface area contributed by atoms with Crippen LogP contribution in [0, 0.1) is 0 Å². The third kappa shape index (κ3) is 4.11. The highest BCUT2D eigenvalue weighted by atomic mass is 16.5. The summed E-state index contributed by atoms with van der Waals surface area (Å²) in [5.74, 6) is 1.09. The molecule has 0 amide bonds. The third-order valence-electron chi connectivity index (χ3n) is 3.52. The molecule has 1 atom stereocenters. The van der Waals surface area contributed by atoms with Gasteiger partial charge in [-0.25, -0.2) is 0 Å². The average Bonchev–Trinajstić information content (AvgIpc) is 2.42. The first-order valence-electron chi connectivity index (χ1n) is 6.85. The van der Waals surface area contributed by atoms with Crippen LogP contribution in [0.25, 0.3) is 0 Å². The smallest absolute Gasteiger partial charge is 0.120 e. The van der Waals surface area contributed by atoms with E-state index in [0.717, 1.165) is 30.9 Å². The topological polar surface area (TPSA) is 41.9 Å². The van der Waals surface area contributed by atoms with Crippen LogP contribution in [0.1, 0.15) is 24.8 Å². The first kappa shape index (κ1) is 14.2. The van der Waals surface area contributed by atoms with Crippen LogP contribution in [0.15, 0.2) is 18.2 Å². The number of hydrogen-bond donors (Lipinski definition) is 1. The normalized spacial score (nSPS) is 19.6. The zero-order chi connectivity index (χ0) is 13.7. The summed E-state index contributed by atoms with van der Waals surface area (Å²) < 4.78 is 10.9. The van der Waals surface area contributed by atoms with E-state index >= 15 is 0 Å². The zero-order valence-electron chi connectivity index (χ0n) is 11.8. The maximum absolute atomic E-state index is 9.87. The molecule has 1 saturated heterocycles. The molecular formula is C15H23NO3. The largest absolute Gasteiger partial charge is 0.508 e. The number of hydrogen-bond acceptors (Lipinski definition) is 4. The van der Waals surface area contributed by atoms with Crippen molar-refractivity contribution in [1.29, 1.82) is 0 Å². The summed E-state index contributed by atoms with van der Waals surface area (Å²) in [6.45, 7) is 2.47. The van der Waals surface area contributed by atoms with Gasteiger partial charge in [-0.3, -0.25) is 4.90 Å². The molecule has 1 N–H and O–H groups in total. The van der Waals surface area contributed by atoms with Crippen molar-refractivity contribution < 1.29 is 14.6 Å². The first-order chi connectivity index (χ1) is 9.19. The molecule has 0 aromatic heterocycles. The summed E-state index contributed by atoms with van der Waals surface area (Å²) in [5, 5.41) is 9.87. The van der Waals surface area contributed by atoms with Gasteiger partial charge in [-0.05, 0) is 44.5 Å². The van der Waals surface area contributed by atoms with E-state index in [0.29, 0.717) is 18.4 Å². The minimum atomic E-state index is 0.317. The fraction of sp³-hybridized carbons (Fsp3) is 0.600. The molecule has 1 unspecified atom stereocenters. The number of ether oxygens (including phenoxy) is 2. The van der Waals surface area contributed by atoms with Gasteiger partial charge in [-0.15, -0.1) is 0 Å². The molecule has 1 aromatic rings. The van der Waals surface area contributed by atoms with Crippen LogP contribution in [0.4, 0.5) is 0 Å². The average molecular weight is 265 g/mol. The van der Waals surface area contributed by atoms with E-state index in [4.69, 9.17) is 9.47 Å². The molecule has 0 saturated carbocycles. The van der Waals surface area contributed by atoms with Crippen molar-refractivity contribution in [2.24, 2.45) is 0 Å². The Kier molecular flexibility index (Phi) is 5.05. The lowest BCUT2D eigenvalue weighted by molar-refractivity contribution is -0.00268. The Morgan fingerprint density at radius 1 is 1.42 bits per heavy atom. The number of rotatable bonds is 5. The monoisotopic (exact) mass is 265 g/mol. The van der Waals surface area contributed by atoms with Gasteiger partial charge >= 0.3 is 0 Å². The van der Waals surface area contributed by atoms with Gasteiger partial charge in [-0.2, -0.15) is 0 Å². The van der Waals surface area contributed by atoms with Crippen molar-refractivity contribution >= 4 is 0 Å². The van der Waals surface area contributed by atoms with E-state index in [9.17, 15) is 5.11 Å². The van der Waals surface area contributed by atoms with Crippen LogP contribution in [0.3, 0.4) is 0 Å². The fourth-order valence-corrected chi connectivity index (χ4v) is 2.47. The van der Waals surface area contributed by atoms with E-state index in [2.05, 4.69) is 11.9 Å². The number of likely N-dealkylation sites (N-methyl/N-ethyl adjacent to an activating group) is 1. The second kappa shape index (κ2) is 6.78. The Morgan fingerprint density at radius 3 is 2.95 bits per heavy atom. The SMILES string of the molecule is COc1ccc(O)c(CN(C)CC2CCCCO2)c1. The van der Waals surface area contributed by atoms with E-state index in [1.807, 2.05) is 6.07 Å². The molecule has 0 aliphatic carbocycles. The zero-order valence-corrected chi connectivity index (χ0v) is 11.8. The maximum atomic E-state index is 9.87. The molecule has 0 bridgehead atoms. The molecule has 19 heavy (non-hydrogen) atoms. The Balaban J connectivity index is 1.92. The summed E-state index contributed by atoms with van der Waals surface area (Å²) in [6.07, 6.45) is 3.89. The molecule has 1 aliphatic rings. The minimum Gasteiger partial charge on any atom is -0.508 e. The van der Waals surface area contributed by atoms with Gasteiger partial charge in [0.05, 0.1) is 13.2 Å². The molecule has 0 spiro atoms. The van der Waals surface area contributed by atoms with Gasteiger partial charge in [0.1, 0.15) is 11.5 Å². The van der Waals surface area contributed by atoms with E-state index < -0.39 is 0 Å². The summed E-state index contributed by atoms with van der Waals surface area (Å²) in [4.78, 5) is 2.18. The maximum Gasteiger partial charge on any atom is 0.120 e. The van der Waals surface area contributed by atoms with Crippen molar-refractivity contribution in [1.82, 2.24) is 4.90 Å². The molecule has 4 nitrogen and oxygen atoms in total. The van der Waals surface area contributed by atoms with E-state index in [-0.39, 0.29) is 0 Å². The van der Waals surface area contributed by atoms with Gasteiger partial charge in [0.25, 0.3) is 0 Å². The number of benzene rings is 1. The highest BCUT2D eigenvalue weighted by Crippen LogP contribution is 2.24. The Hall–Kier alpha value is -1.26. The minimum absolute atomic E-state index is 0.317. The summed E-state index contributed by atoms with van der Waals surface area (Å²) >= 11 is 0. The quantitative estimate of drug-likeness (QED) is 0.887. The lowest BCUT2D eigenvalue weighted by Crippen LogP contribution is -2.33. The molecule has 1 heterocycles. The predicted octanol–water partition coefficient (Wildman–Crippen LogP) is 2.40. The number of nitrogens with zero attached hydrogens (tertiary/aromatic N) is 1. The van der Waals surface area contributed by atoms with Gasteiger partial charge < -0.3 is 14.6 Å². The number of aromatic hydroxyl groups is 1. The molecule has 1 aromatic carbocycles. The molecule has 1 aliphatic heterocycles. The lowest BCUT2D eigenvalue weighted by atomic mass is 10.1. The van der Waals surface area contributed by atoms with Crippen LogP contribution >= 0.6 is 0 Å². The number of phenols is 1. The van der Waals surface area contributed by atoms with Crippen molar-refractivity contribution in [2.45, 2.75) is 31.9 Å². The lowest BCUT2D eigenvalue weighted by Gasteiger charge is -2.27. The second-order valence-electron chi connectivity index (χ2n) is 5.18. The van der Waals surface area contributed by atoms with Crippen LogP contribution < -0.4 is 4.74 Å². The summed E-state index contributed by atoms with van der Waals surface area (Å²) in [6, 6.07) is 5.33. The molecule has 0 radical (unpaired) electrons. The Morgan fingerprint density at radius 2 is 2.26 bits per heavy atom. The van der Waals surface area contributed by atoms with Gasteiger partial charge in [0.15, 0.2) is 0 Å².